The third-order valence-corrected chi connectivity index (χ3v) is 5.65. The summed E-state index contributed by atoms with van der Waals surface area (Å²) >= 11 is 0. The van der Waals surface area contributed by atoms with E-state index in [2.05, 4.69) is 19.4 Å². The van der Waals surface area contributed by atoms with Gasteiger partial charge in [0.05, 0.1) is 27.6 Å². The standard InChI is InChI=1S/C15H15N5O2S/c1-3-23(22,19-11(2)21)14-4-5-15-12(6-14)9-20(18-15)13-7-16-10-17-8-13/h4-10H,3H2,1-2H3. The lowest BCUT2D eigenvalue weighted by molar-refractivity contribution is -0.115. The Bertz CT molecular complexity index is 988. The van der Waals surface area contributed by atoms with Crippen LogP contribution in [0.4, 0.5) is 0 Å². The monoisotopic (exact) mass is 329 g/mol. The first kappa shape index (κ1) is 15.3. The van der Waals surface area contributed by atoms with Gasteiger partial charge in [-0.05, 0) is 18.2 Å². The predicted octanol–water partition coefficient (Wildman–Crippen LogP) is 2.21. The minimum Gasteiger partial charge on any atom is -0.272 e. The van der Waals surface area contributed by atoms with Crippen LogP contribution in [-0.2, 0) is 14.5 Å². The number of carbonyl (C=O) groups excluding carboxylic acids is 1. The lowest BCUT2D eigenvalue weighted by Crippen LogP contribution is -2.06. The van der Waals surface area contributed by atoms with Crippen molar-refractivity contribution < 1.29 is 9.00 Å². The van der Waals surface area contributed by atoms with E-state index in [9.17, 15) is 9.00 Å². The molecule has 3 aromatic rings. The van der Waals surface area contributed by atoms with E-state index in [1.807, 2.05) is 0 Å². The number of rotatable bonds is 3. The van der Waals surface area contributed by atoms with Crippen LogP contribution in [-0.4, -0.2) is 35.6 Å². The molecule has 2 heterocycles. The molecule has 0 fully saturated rings. The van der Waals surface area contributed by atoms with Gasteiger partial charge in [0, 0.05) is 29.2 Å². The number of fused-ring (bicyclic) bond motifs is 1. The van der Waals surface area contributed by atoms with Crippen molar-refractivity contribution in [1.29, 1.82) is 0 Å². The molecule has 1 atom stereocenters. The van der Waals surface area contributed by atoms with Gasteiger partial charge in [-0.2, -0.15) is 9.46 Å². The van der Waals surface area contributed by atoms with Crippen LogP contribution in [0.5, 0.6) is 0 Å². The zero-order valence-corrected chi connectivity index (χ0v) is 13.5. The Labute approximate surface area is 133 Å². The minimum absolute atomic E-state index is 0.277. The molecule has 0 bridgehead atoms. The van der Waals surface area contributed by atoms with Gasteiger partial charge in [-0.15, -0.1) is 0 Å². The molecule has 0 aliphatic rings. The molecule has 23 heavy (non-hydrogen) atoms. The lowest BCUT2D eigenvalue weighted by atomic mass is 10.3. The smallest absolute Gasteiger partial charge is 0.250 e. The first-order valence-corrected chi connectivity index (χ1v) is 8.70. The number of nitrogens with zero attached hydrogens (tertiary/aromatic N) is 5. The fourth-order valence-corrected chi connectivity index (χ4v) is 3.81. The number of benzene rings is 1. The van der Waals surface area contributed by atoms with E-state index in [0.29, 0.717) is 4.90 Å². The Hall–Kier alpha value is -2.61. The molecule has 0 aliphatic carbocycles. The summed E-state index contributed by atoms with van der Waals surface area (Å²) in [7, 11) is -2.74. The Morgan fingerprint density at radius 1 is 1.30 bits per heavy atom. The van der Waals surface area contributed by atoms with Crippen molar-refractivity contribution in [2.24, 2.45) is 4.36 Å². The van der Waals surface area contributed by atoms with E-state index in [0.717, 1.165) is 16.6 Å². The SMILES string of the molecule is CCS(=O)(=NC(C)=O)c1ccc2nn(-c3cncnc3)cc2c1. The van der Waals surface area contributed by atoms with Gasteiger partial charge in [0.2, 0.25) is 0 Å². The second-order valence-electron chi connectivity index (χ2n) is 4.93. The Kier molecular flexibility index (Phi) is 3.91. The lowest BCUT2D eigenvalue weighted by Gasteiger charge is -2.06. The zero-order chi connectivity index (χ0) is 16.4. The van der Waals surface area contributed by atoms with Gasteiger partial charge in [0.25, 0.3) is 5.91 Å². The van der Waals surface area contributed by atoms with Crippen LogP contribution in [0.1, 0.15) is 13.8 Å². The molecule has 3 rings (SSSR count). The summed E-state index contributed by atoms with van der Waals surface area (Å²) in [6, 6.07) is 5.25. The van der Waals surface area contributed by atoms with Gasteiger partial charge in [-0.1, -0.05) is 6.92 Å². The van der Waals surface area contributed by atoms with Gasteiger partial charge in [-0.3, -0.25) is 4.79 Å². The van der Waals surface area contributed by atoms with Crippen LogP contribution >= 0.6 is 0 Å². The van der Waals surface area contributed by atoms with E-state index < -0.39 is 15.6 Å². The van der Waals surface area contributed by atoms with Crippen LogP contribution < -0.4 is 0 Å². The maximum Gasteiger partial charge on any atom is 0.250 e. The average molecular weight is 329 g/mol. The van der Waals surface area contributed by atoms with Crippen molar-refractivity contribution in [3.63, 3.8) is 0 Å². The summed E-state index contributed by atoms with van der Waals surface area (Å²) in [6.45, 7) is 3.06. The minimum atomic E-state index is -2.74. The van der Waals surface area contributed by atoms with Crippen molar-refractivity contribution in [3.8, 4) is 5.69 Å². The molecule has 1 amide bonds. The first-order valence-electron chi connectivity index (χ1n) is 7.02. The number of hydrogen-bond acceptors (Lipinski definition) is 5. The van der Waals surface area contributed by atoms with Crippen molar-refractivity contribution in [2.45, 2.75) is 18.7 Å². The van der Waals surface area contributed by atoms with E-state index in [4.69, 9.17) is 0 Å². The number of aromatic nitrogens is 4. The van der Waals surface area contributed by atoms with Gasteiger partial charge in [0.1, 0.15) is 12.0 Å². The summed E-state index contributed by atoms with van der Waals surface area (Å²) in [5.41, 5.74) is 1.48. The molecule has 0 saturated heterocycles. The number of carbonyl (C=O) groups is 1. The van der Waals surface area contributed by atoms with Crippen LogP contribution in [0.25, 0.3) is 16.6 Å². The Morgan fingerprint density at radius 3 is 2.70 bits per heavy atom. The van der Waals surface area contributed by atoms with Crippen molar-refractivity contribution in [3.05, 3.63) is 43.1 Å². The molecular formula is C15H15N5O2S. The Balaban J connectivity index is 2.13. The van der Waals surface area contributed by atoms with E-state index in [-0.39, 0.29) is 5.75 Å². The highest BCUT2D eigenvalue weighted by Gasteiger charge is 2.13. The summed E-state index contributed by atoms with van der Waals surface area (Å²) in [5.74, 6) is -0.160. The molecule has 1 aromatic carbocycles. The predicted molar refractivity (Wildman–Crippen MR) is 86.7 cm³/mol. The Morgan fingerprint density at radius 2 is 2.04 bits per heavy atom. The summed E-state index contributed by atoms with van der Waals surface area (Å²) in [6.07, 6.45) is 6.56. The molecule has 0 radical (unpaired) electrons. The molecule has 1 unspecified atom stereocenters. The summed E-state index contributed by atoms with van der Waals surface area (Å²) in [5, 5.41) is 5.25. The molecule has 8 heteroatoms. The second-order valence-corrected chi connectivity index (χ2v) is 7.44. The molecule has 7 nitrogen and oxygen atoms in total. The fourth-order valence-electron chi connectivity index (χ4n) is 2.24. The third kappa shape index (κ3) is 2.98. The van der Waals surface area contributed by atoms with Crippen LogP contribution in [0, 0.1) is 0 Å². The number of hydrogen-bond donors (Lipinski definition) is 0. The van der Waals surface area contributed by atoms with Crippen LogP contribution in [0.15, 0.2) is 52.4 Å². The van der Waals surface area contributed by atoms with E-state index >= 15 is 0 Å². The highest BCUT2D eigenvalue weighted by atomic mass is 32.2. The van der Waals surface area contributed by atoms with E-state index in [1.54, 1.807) is 48.4 Å². The third-order valence-electron chi connectivity index (χ3n) is 3.32. The molecule has 2 aromatic heterocycles. The normalized spacial score (nSPS) is 13.7. The second kappa shape index (κ2) is 5.88. The quantitative estimate of drug-likeness (QED) is 0.735. The van der Waals surface area contributed by atoms with Crippen LogP contribution in [0.3, 0.4) is 0 Å². The maximum absolute atomic E-state index is 12.9. The largest absolute Gasteiger partial charge is 0.272 e. The average Bonchev–Trinajstić information content (AvgIpc) is 2.98. The highest BCUT2D eigenvalue weighted by Crippen LogP contribution is 2.22. The summed E-state index contributed by atoms with van der Waals surface area (Å²) < 4.78 is 18.3. The van der Waals surface area contributed by atoms with Gasteiger partial charge < -0.3 is 0 Å². The van der Waals surface area contributed by atoms with Crippen molar-refractivity contribution in [1.82, 2.24) is 19.7 Å². The molecule has 0 spiro atoms. The maximum atomic E-state index is 12.9. The van der Waals surface area contributed by atoms with E-state index in [1.165, 1.54) is 13.3 Å². The molecule has 118 valence electrons. The van der Waals surface area contributed by atoms with Gasteiger partial charge >= 0.3 is 0 Å². The van der Waals surface area contributed by atoms with Gasteiger partial charge in [0.15, 0.2) is 0 Å². The summed E-state index contributed by atoms with van der Waals surface area (Å²) in [4.78, 5) is 19.7. The molecular weight excluding hydrogens is 314 g/mol. The topological polar surface area (TPSA) is 90.1 Å². The first-order chi connectivity index (χ1) is 11.0. The molecule has 0 aliphatic heterocycles. The van der Waals surface area contributed by atoms with Crippen molar-refractivity contribution in [2.75, 3.05) is 5.75 Å². The molecule has 0 N–H and O–H groups in total. The van der Waals surface area contributed by atoms with Gasteiger partial charge in [-0.25, -0.2) is 18.9 Å². The highest BCUT2D eigenvalue weighted by molar-refractivity contribution is 7.93. The zero-order valence-electron chi connectivity index (χ0n) is 12.7. The van der Waals surface area contributed by atoms with Crippen molar-refractivity contribution >= 4 is 26.5 Å². The fraction of sp³-hybridized carbons (Fsp3) is 0.200. The molecule has 0 saturated carbocycles. The van der Waals surface area contributed by atoms with Crippen LogP contribution in [0.2, 0.25) is 0 Å². The number of amides is 1.